The summed E-state index contributed by atoms with van der Waals surface area (Å²) in [6.07, 6.45) is 3.60. The molecule has 10 heavy (non-hydrogen) atoms. The van der Waals surface area contributed by atoms with E-state index in [1.165, 1.54) is 6.42 Å². The van der Waals surface area contributed by atoms with Gasteiger partial charge in [0.25, 0.3) is 0 Å². The molecule has 0 unspecified atom stereocenters. The Kier molecular flexibility index (Phi) is 3.63. The Morgan fingerprint density at radius 1 is 1.40 bits per heavy atom. The smallest absolute Gasteiger partial charge is 0.0615 e. The van der Waals surface area contributed by atoms with E-state index in [-0.39, 0.29) is 17.9 Å². The van der Waals surface area contributed by atoms with Crippen molar-refractivity contribution in [1.29, 1.82) is 0 Å². The maximum atomic E-state index is 8.97. The largest absolute Gasteiger partial charge is 0.394 e. The van der Waals surface area contributed by atoms with E-state index < -0.39 is 0 Å². The molecule has 1 saturated carbocycles. The molecule has 62 valence electrons. The Morgan fingerprint density at radius 2 is 1.90 bits per heavy atom. The average Bonchev–Trinajstić information content (AvgIpc) is 1.62. The third-order valence-corrected chi connectivity index (χ3v) is 2.53. The zero-order chi connectivity index (χ0) is 6.91. The lowest BCUT2D eigenvalue weighted by Crippen LogP contribution is -2.52. The van der Waals surface area contributed by atoms with Crippen LogP contribution in [0.2, 0.25) is 0 Å². The fraction of sp³-hybridized carbons (Fsp3) is 1.00. The van der Waals surface area contributed by atoms with Crippen LogP contribution in [-0.4, -0.2) is 36.2 Å². The average molecular weight is 166 g/mol. The number of rotatable bonds is 2. The molecule has 0 aromatic rings. The molecule has 1 N–H and O–H groups in total. The summed E-state index contributed by atoms with van der Waals surface area (Å²) in [5, 5.41) is 8.97. The van der Waals surface area contributed by atoms with Crippen LogP contribution in [0.5, 0.6) is 0 Å². The van der Waals surface area contributed by atoms with E-state index in [9.17, 15) is 0 Å². The van der Waals surface area contributed by atoms with Gasteiger partial charge in [-0.2, -0.15) is 0 Å². The Labute approximate surface area is 68.6 Å². The van der Waals surface area contributed by atoms with Gasteiger partial charge < -0.3 is 10.0 Å². The third-order valence-electron chi connectivity index (χ3n) is 2.53. The normalized spacial score (nSPS) is 21.6. The molecule has 3 heteroatoms. The topological polar surface area (TPSA) is 23.5 Å². The summed E-state index contributed by atoms with van der Waals surface area (Å²) in [6, 6.07) is 0. The second-order valence-electron chi connectivity index (χ2n) is 3.13. The van der Waals surface area contributed by atoms with Gasteiger partial charge in [0.2, 0.25) is 0 Å². The minimum absolute atomic E-state index is 0. The van der Waals surface area contributed by atoms with Gasteiger partial charge in [0.1, 0.15) is 0 Å². The van der Waals surface area contributed by atoms with Gasteiger partial charge in [-0.05, 0) is 33.4 Å². The fourth-order valence-corrected chi connectivity index (χ4v) is 1.33. The summed E-state index contributed by atoms with van der Waals surface area (Å²) in [4.78, 5) is 2.14. The minimum atomic E-state index is 0. The van der Waals surface area contributed by atoms with Crippen molar-refractivity contribution in [2.75, 3.05) is 20.7 Å². The van der Waals surface area contributed by atoms with E-state index in [1.54, 1.807) is 0 Å². The van der Waals surface area contributed by atoms with Gasteiger partial charge in [-0.15, -0.1) is 12.4 Å². The van der Waals surface area contributed by atoms with Gasteiger partial charge in [-0.25, -0.2) is 0 Å². The molecular weight excluding hydrogens is 150 g/mol. The molecule has 1 fully saturated rings. The maximum absolute atomic E-state index is 8.97. The highest BCUT2D eigenvalue weighted by molar-refractivity contribution is 5.85. The highest BCUT2D eigenvalue weighted by Gasteiger charge is 2.37. The fourth-order valence-electron chi connectivity index (χ4n) is 1.33. The van der Waals surface area contributed by atoms with Crippen molar-refractivity contribution in [2.45, 2.75) is 24.8 Å². The van der Waals surface area contributed by atoms with E-state index in [0.29, 0.717) is 6.61 Å². The predicted octanol–water partition coefficient (Wildman–Crippen LogP) is 0.885. The molecule has 0 bridgehead atoms. The first kappa shape index (κ1) is 10.2. The molecule has 0 aliphatic heterocycles. The van der Waals surface area contributed by atoms with Crippen LogP contribution in [0, 0.1) is 0 Å². The van der Waals surface area contributed by atoms with Gasteiger partial charge in [0.05, 0.1) is 6.61 Å². The molecule has 0 spiro atoms. The molecule has 0 aromatic carbocycles. The first-order chi connectivity index (χ1) is 4.21. The number of hydrogen-bond acceptors (Lipinski definition) is 2. The van der Waals surface area contributed by atoms with E-state index in [2.05, 4.69) is 4.90 Å². The highest BCUT2D eigenvalue weighted by atomic mass is 35.5. The van der Waals surface area contributed by atoms with Crippen LogP contribution in [0.25, 0.3) is 0 Å². The maximum Gasteiger partial charge on any atom is 0.0615 e. The Morgan fingerprint density at radius 3 is 1.90 bits per heavy atom. The number of aliphatic hydroxyl groups excluding tert-OH is 1. The second kappa shape index (κ2) is 3.56. The molecular formula is C7H16ClNO. The van der Waals surface area contributed by atoms with Gasteiger partial charge in [-0.1, -0.05) is 0 Å². The van der Waals surface area contributed by atoms with Crippen LogP contribution in [0.4, 0.5) is 0 Å². The van der Waals surface area contributed by atoms with Crippen molar-refractivity contribution in [3.8, 4) is 0 Å². The molecule has 1 aliphatic rings. The van der Waals surface area contributed by atoms with E-state index in [1.807, 2.05) is 14.1 Å². The number of hydrogen-bond donors (Lipinski definition) is 1. The van der Waals surface area contributed by atoms with E-state index in [0.717, 1.165) is 12.8 Å². The summed E-state index contributed by atoms with van der Waals surface area (Å²) in [5.41, 5.74) is 0.153. The second-order valence-corrected chi connectivity index (χ2v) is 3.13. The summed E-state index contributed by atoms with van der Waals surface area (Å²) in [7, 11) is 4.07. The number of nitrogens with zero attached hydrogens (tertiary/aromatic N) is 1. The highest BCUT2D eigenvalue weighted by Crippen LogP contribution is 2.35. The molecule has 1 rings (SSSR count). The standard InChI is InChI=1S/C7H15NO.ClH/c1-8(2)7(6-9)4-3-5-7;/h9H,3-6H2,1-2H3;1H. The minimum Gasteiger partial charge on any atom is -0.394 e. The quantitative estimate of drug-likeness (QED) is 0.657. The Bertz CT molecular complexity index is 96.3. The Balaban J connectivity index is 0.000000810. The number of likely N-dealkylation sites (N-methyl/N-ethyl adjacent to an activating group) is 1. The lowest BCUT2D eigenvalue weighted by Gasteiger charge is -2.45. The molecule has 2 nitrogen and oxygen atoms in total. The first-order valence-electron chi connectivity index (χ1n) is 3.49. The molecule has 0 aromatic heterocycles. The van der Waals surface area contributed by atoms with Gasteiger partial charge in [-0.3, -0.25) is 0 Å². The monoisotopic (exact) mass is 165 g/mol. The van der Waals surface area contributed by atoms with E-state index >= 15 is 0 Å². The predicted molar refractivity (Wildman–Crippen MR) is 44.6 cm³/mol. The lowest BCUT2D eigenvalue weighted by atomic mass is 9.76. The summed E-state index contributed by atoms with van der Waals surface area (Å²) in [5.74, 6) is 0. The van der Waals surface area contributed by atoms with Crippen LogP contribution < -0.4 is 0 Å². The van der Waals surface area contributed by atoms with Crippen LogP contribution in [0.15, 0.2) is 0 Å². The van der Waals surface area contributed by atoms with Crippen molar-refractivity contribution < 1.29 is 5.11 Å². The lowest BCUT2D eigenvalue weighted by molar-refractivity contribution is 0.00338. The number of halogens is 1. The SMILES string of the molecule is CN(C)C1(CO)CCC1.Cl. The zero-order valence-electron chi connectivity index (χ0n) is 6.63. The molecule has 0 radical (unpaired) electrons. The van der Waals surface area contributed by atoms with Crippen LogP contribution in [0.1, 0.15) is 19.3 Å². The van der Waals surface area contributed by atoms with Crippen molar-refractivity contribution in [2.24, 2.45) is 0 Å². The van der Waals surface area contributed by atoms with Crippen LogP contribution in [0.3, 0.4) is 0 Å². The van der Waals surface area contributed by atoms with Gasteiger partial charge in [0.15, 0.2) is 0 Å². The van der Waals surface area contributed by atoms with Crippen molar-refractivity contribution in [1.82, 2.24) is 4.90 Å². The van der Waals surface area contributed by atoms with Crippen LogP contribution in [-0.2, 0) is 0 Å². The molecule has 0 saturated heterocycles. The Hall–Kier alpha value is 0.210. The number of aliphatic hydroxyl groups is 1. The van der Waals surface area contributed by atoms with Crippen molar-refractivity contribution in [3.05, 3.63) is 0 Å². The van der Waals surface area contributed by atoms with Gasteiger partial charge >= 0.3 is 0 Å². The first-order valence-corrected chi connectivity index (χ1v) is 3.49. The van der Waals surface area contributed by atoms with E-state index in [4.69, 9.17) is 5.11 Å². The molecule has 1 aliphatic carbocycles. The molecule has 0 atom stereocenters. The molecule has 0 amide bonds. The molecule has 0 heterocycles. The zero-order valence-corrected chi connectivity index (χ0v) is 7.45. The van der Waals surface area contributed by atoms with Gasteiger partial charge in [0, 0.05) is 5.54 Å². The summed E-state index contributed by atoms with van der Waals surface area (Å²) < 4.78 is 0. The van der Waals surface area contributed by atoms with Crippen molar-refractivity contribution in [3.63, 3.8) is 0 Å². The van der Waals surface area contributed by atoms with Crippen LogP contribution >= 0.6 is 12.4 Å². The van der Waals surface area contributed by atoms with Crippen molar-refractivity contribution >= 4 is 12.4 Å². The summed E-state index contributed by atoms with van der Waals surface area (Å²) >= 11 is 0. The third kappa shape index (κ3) is 1.44. The summed E-state index contributed by atoms with van der Waals surface area (Å²) in [6.45, 7) is 0.319.